The highest BCUT2D eigenvalue weighted by Crippen LogP contribution is 2.17. The maximum Gasteiger partial charge on any atom is 0.222 e. The number of amides is 2. The molecule has 0 unspecified atom stereocenters. The second-order valence-corrected chi connectivity index (χ2v) is 6.72. The van der Waals surface area contributed by atoms with Gasteiger partial charge in [0.1, 0.15) is 0 Å². The van der Waals surface area contributed by atoms with Gasteiger partial charge in [0.15, 0.2) is 0 Å². The molecule has 0 fully saturated rings. The molecule has 0 saturated carbocycles. The molecule has 146 valence electrons. The van der Waals surface area contributed by atoms with E-state index < -0.39 is 0 Å². The van der Waals surface area contributed by atoms with Gasteiger partial charge in [-0.1, -0.05) is 32.0 Å². The molecular weight excluding hydrogens is 350 g/mol. The molecular formula is C20H32ClN3O2. The molecule has 0 atom stereocenters. The Kier molecular flexibility index (Phi) is 10.3. The lowest BCUT2D eigenvalue weighted by molar-refractivity contribution is -0.131. The summed E-state index contributed by atoms with van der Waals surface area (Å²) in [7, 11) is 0. The number of nitrogens with one attached hydrogen (secondary N) is 2. The van der Waals surface area contributed by atoms with Gasteiger partial charge in [0, 0.05) is 45.6 Å². The first-order valence-corrected chi connectivity index (χ1v) is 9.49. The van der Waals surface area contributed by atoms with Crippen molar-refractivity contribution in [3.05, 3.63) is 34.9 Å². The molecule has 2 amide bonds. The molecule has 2 N–H and O–H groups in total. The molecule has 5 nitrogen and oxygen atoms in total. The van der Waals surface area contributed by atoms with Crippen LogP contribution < -0.4 is 10.6 Å². The van der Waals surface area contributed by atoms with Gasteiger partial charge < -0.3 is 15.5 Å². The molecule has 1 aliphatic rings. The fraction of sp³-hybridized carbons (Fsp3) is 0.600. The first-order chi connectivity index (χ1) is 12.1. The van der Waals surface area contributed by atoms with Crippen LogP contribution in [-0.2, 0) is 29.2 Å². The fourth-order valence-electron chi connectivity index (χ4n) is 3.21. The third kappa shape index (κ3) is 6.96. The van der Waals surface area contributed by atoms with E-state index in [1.54, 1.807) is 0 Å². The van der Waals surface area contributed by atoms with Crippen LogP contribution in [0.25, 0.3) is 0 Å². The van der Waals surface area contributed by atoms with Gasteiger partial charge in [-0.15, -0.1) is 12.4 Å². The number of nitrogens with zero attached hydrogens (tertiary/aromatic N) is 1. The third-order valence-electron chi connectivity index (χ3n) is 4.53. The summed E-state index contributed by atoms with van der Waals surface area (Å²) in [6.07, 6.45) is 3.43. The van der Waals surface area contributed by atoms with Crippen molar-refractivity contribution in [2.24, 2.45) is 0 Å². The van der Waals surface area contributed by atoms with Gasteiger partial charge >= 0.3 is 0 Å². The Morgan fingerprint density at radius 3 is 2.46 bits per heavy atom. The van der Waals surface area contributed by atoms with Crippen LogP contribution in [0, 0.1) is 0 Å². The number of rotatable bonds is 10. The van der Waals surface area contributed by atoms with E-state index in [1.807, 2.05) is 4.90 Å². The van der Waals surface area contributed by atoms with Crippen molar-refractivity contribution in [1.82, 2.24) is 15.5 Å². The molecule has 1 aliphatic heterocycles. The van der Waals surface area contributed by atoms with Crippen LogP contribution in [0.2, 0.25) is 0 Å². The van der Waals surface area contributed by atoms with Crippen molar-refractivity contribution >= 4 is 24.2 Å². The highest BCUT2D eigenvalue weighted by Gasteiger charge is 2.13. The van der Waals surface area contributed by atoms with Crippen LogP contribution >= 0.6 is 12.4 Å². The number of fused-ring (bicyclic) bond motifs is 1. The van der Waals surface area contributed by atoms with Gasteiger partial charge in [0.05, 0.1) is 0 Å². The summed E-state index contributed by atoms with van der Waals surface area (Å²) < 4.78 is 0. The maximum absolute atomic E-state index is 12.2. The topological polar surface area (TPSA) is 61.4 Å². The molecule has 26 heavy (non-hydrogen) atoms. The van der Waals surface area contributed by atoms with Crippen LogP contribution in [0.15, 0.2) is 18.2 Å². The molecule has 0 saturated heterocycles. The molecule has 0 radical (unpaired) electrons. The summed E-state index contributed by atoms with van der Waals surface area (Å²) in [6.45, 7) is 8.18. The number of halogens is 1. The third-order valence-corrected chi connectivity index (χ3v) is 4.53. The van der Waals surface area contributed by atoms with E-state index in [-0.39, 0.29) is 24.2 Å². The summed E-state index contributed by atoms with van der Waals surface area (Å²) in [6, 6.07) is 6.36. The van der Waals surface area contributed by atoms with Crippen molar-refractivity contribution in [2.75, 3.05) is 13.1 Å². The van der Waals surface area contributed by atoms with E-state index >= 15 is 0 Å². The summed E-state index contributed by atoms with van der Waals surface area (Å²) in [5, 5.41) is 6.28. The van der Waals surface area contributed by atoms with Crippen LogP contribution in [-0.4, -0.2) is 29.8 Å². The first-order valence-electron chi connectivity index (χ1n) is 9.49. The summed E-state index contributed by atoms with van der Waals surface area (Å²) in [5.41, 5.74) is 3.80. The number of benzene rings is 1. The quantitative estimate of drug-likeness (QED) is 0.654. The molecule has 0 spiro atoms. The van der Waals surface area contributed by atoms with Gasteiger partial charge in [-0.3, -0.25) is 9.59 Å². The Morgan fingerprint density at radius 1 is 1.08 bits per heavy atom. The maximum atomic E-state index is 12.2. The van der Waals surface area contributed by atoms with Crippen LogP contribution in [0.5, 0.6) is 0 Å². The summed E-state index contributed by atoms with van der Waals surface area (Å²) in [5.74, 6) is 0.187. The van der Waals surface area contributed by atoms with Crippen LogP contribution in [0.1, 0.15) is 62.6 Å². The zero-order valence-electron chi connectivity index (χ0n) is 16.0. The molecule has 0 aliphatic carbocycles. The highest BCUT2D eigenvalue weighted by molar-refractivity contribution is 5.85. The lowest BCUT2D eigenvalue weighted by Crippen LogP contribution is -2.32. The molecule has 2 rings (SSSR count). The summed E-state index contributed by atoms with van der Waals surface area (Å²) >= 11 is 0. The second kappa shape index (κ2) is 11.9. The van der Waals surface area contributed by atoms with Gasteiger partial charge in [-0.2, -0.15) is 0 Å². The Bertz CT molecular complexity index is 586. The Morgan fingerprint density at radius 2 is 1.77 bits per heavy atom. The molecule has 1 aromatic rings. The minimum absolute atomic E-state index is 0. The predicted molar refractivity (Wildman–Crippen MR) is 107 cm³/mol. The minimum Gasteiger partial charge on any atom is -0.352 e. The SMILES string of the molecule is CCCN(CCC)C(=O)CCCC(=O)NCc1ccc2c(c1)CNC2.Cl. The predicted octanol–water partition coefficient (Wildman–Crippen LogP) is 3.15. The van der Waals surface area contributed by atoms with E-state index in [0.29, 0.717) is 25.8 Å². The first kappa shape index (κ1) is 22.5. The lowest BCUT2D eigenvalue weighted by Gasteiger charge is -2.21. The van der Waals surface area contributed by atoms with Gasteiger partial charge in [-0.05, 0) is 36.0 Å². The van der Waals surface area contributed by atoms with E-state index in [1.165, 1.54) is 11.1 Å². The minimum atomic E-state index is 0. The second-order valence-electron chi connectivity index (χ2n) is 6.72. The largest absolute Gasteiger partial charge is 0.352 e. The van der Waals surface area contributed by atoms with Crippen molar-refractivity contribution in [3.8, 4) is 0 Å². The van der Waals surface area contributed by atoms with E-state index in [4.69, 9.17) is 0 Å². The zero-order chi connectivity index (χ0) is 18.1. The fourth-order valence-corrected chi connectivity index (χ4v) is 3.21. The van der Waals surface area contributed by atoms with Crippen molar-refractivity contribution in [2.45, 2.75) is 65.6 Å². The molecule has 0 aromatic heterocycles. The number of hydrogen-bond donors (Lipinski definition) is 2. The number of hydrogen-bond acceptors (Lipinski definition) is 3. The number of carbonyl (C=O) groups excluding carboxylic acids is 2. The average Bonchev–Trinajstić information content (AvgIpc) is 3.07. The van der Waals surface area contributed by atoms with E-state index in [2.05, 4.69) is 42.7 Å². The smallest absolute Gasteiger partial charge is 0.222 e. The number of carbonyl (C=O) groups is 2. The van der Waals surface area contributed by atoms with Crippen LogP contribution in [0.4, 0.5) is 0 Å². The lowest BCUT2D eigenvalue weighted by atomic mass is 10.1. The molecule has 6 heteroatoms. The van der Waals surface area contributed by atoms with Gasteiger partial charge in [0.2, 0.25) is 11.8 Å². The Hall–Kier alpha value is -1.59. The van der Waals surface area contributed by atoms with Crippen molar-refractivity contribution in [3.63, 3.8) is 0 Å². The summed E-state index contributed by atoms with van der Waals surface area (Å²) in [4.78, 5) is 26.1. The highest BCUT2D eigenvalue weighted by atomic mass is 35.5. The zero-order valence-corrected chi connectivity index (χ0v) is 16.8. The molecule has 0 bridgehead atoms. The molecule has 1 heterocycles. The van der Waals surface area contributed by atoms with E-state index in [0.717, 1.165) is 44.6 Å². The van der Waals surface area contributed by atoms with Crippen molar-refractivity contribution in [1.29, 1.82) is 0 Å². The van der Waals surface area contributed by atoms with Gasteiger partial charge in [0.25, 0.3) is 0 Å². The Labute approximate surface area is 163 Å². The average molecular weight is 382 g/mol. The monoisotopic (exact) mass is 381 g/mol. The van der Waals surface area contributed by atoms with Crippen molar-refractivity contribution < 1.29 is 9.59 Å². The molecule has 1 aromatic carbocycles. The van der Waals surface area contributed by atoms with E-state index in [9.17, 15) is 9.59 Å². The normalized spacial score (nSPS) is 12.2. The Balaban J connectivity index is 0.00000338. The van der Waals surface area contributed by atoms with Gasteiger partial charge in [-0.25, -0.2) is 0 Å². The standard InChI is InChI=1S/C20H31N3O2.ClH/c1-3-10-23(11-4-2)20(25)7-5-6-19(24)22-13-16-8-9-17-14-21-15-18(17)12-16;/h8-9,12,21H,3-7,10-11,13-15H2,1-2H3,(H,22,24);1H. The van der Waals surface area contributed by atoms with Crippen LogP contribution in [0.3, 0.4) is 0 Å².